The normalized spacial score (nSPS) is 11.0. The molecule has 3 N–H and O–H groups in total. The molecule has 2 aromatic carbocycles. The Bertz CT molecular complexity index is 863. The number of imidazole rings is 1. The molecule has 5 nitrogen and oxygen atoms in total. The highest BCUT2D eigenvalue weighted by Gasteiger charge is 2.11. The van der Waals surface area contributed by atoms with Gasteiger partial charge in [-0.05, 0) is 29.8 Å². The number of rotatable bonds is 4. The number of nitrogens with one attached hydrogen (secondary N) is 1. The van der Waals surface area contributed by atoms with Crippen LogP contribution in [0.25, 0.3) is 22.2 Å². The number of phenols is 1. The average molecular weight is 335 g/mol. The molecular formula is C15H11ClN2O3S. The van der Waals surface area contributed by atoms with Gasteiger partial charge in [-0.3, -0.25) is 4.79 Å². The number of aromatic hydroxyl groups is 1. The first-order valence-corrected chi connectivity index (χ1v) is 7.72. The molecule has 3 rings (SSSR count). The summed E-state index contributed by atoms with van der Waals surface area (Å²) >= 11 is 7.41. The van der Waals surface area contributed by atoms with Gasteiger partial charge in [-0.15, -0.1) is 0 Å². The van der Waals surface area contributed by atoms with Gasteiger partial charge in [-0.25, -0.2) is 4.98 Å². The van der Waals surface area contributed by atoms with Crippen molar-refractivity contribution in [2.45, 2.75) is 5.16 Å². The van der Waals surface area contributed by atoms with E-state index in [-0.39, 0.29) is 11.5 Å². The van der Waals surface area contributed by atoms with E-state index in [2.05, 4.69) is 9.97 Å². The summed E-state index contributed by atoms with van der Waals surface area (Å²) in [6.45, 7) is 0. The highest BCUT2D eigenvalue weighted by molar-refractivity contribution is 7.99. The number of carbonyl (C=O) groups is 1. The molecule has 0 bridgehead atoms. The fourth-order valence-corrected chi connectivity index (χ4v) is 2.98. The number of aliphatic carboxylic acids is 1. The van der Waals surface area contributed by atoms with E-state index in [9.17, 15) is 9.90 Å². The van der Waals surface area contributed by atoms with Crippen molar-refractivity contribution >= 4 is 40.4 Å². The summed E-state index contributed by atoms with van der Waals surface area (Å²) in [6.07, 6.45) is 0. The smallest absolute Gasteiger partial charge is 0.313 e. The van der Waals surface area contributed by atoms with Gasteiger partial charge in [0, 0.05) is 5.56 Å². The zero-order chi connectivity index (χ0) is 15.7. The fourth-order valence-electron chi connectivity index (χ4n) is 2.10. The minimum atomic E-state index is -0.899. The number of nitrogens with zero attached hydrogens (tertiary/aromatic N) is 1. The van der Waals surface area contributed by atoms with Crippen LogP contribution in [0.1, 0.15) is 0 Å². The standard InChI is InChI=1S/C15H11ClN2O3S/c16-11-6-13-12(17-15(18-13)22-7-14(20)21)5-10(11)8-2-1-3-9(19)4-8/h1-6,19H,7H2,(H,17,18)(H,20,21). The van der Waals surface area contributed by atoms with Gasteiger partial charge in [-0.1, -0.05) is 35.5 Å². The Morgan fingerprint density at radius 3 is 2.86 bits per heavy atom. The fraction of sp³-hybridized carbons (Fsp3) is 0.0667. The Morgan fingerprint density at radius 1 is 1.32 bits per heavy atom. The molecule has 0 aliphatic heterocycles. The first-order chi connectivity index (χ1) is 10.5. The summed E-state index contributed by atoms with van der Waals surface area (Å²) in [4.78, 5) is 18.0. The van der Waals surface area contributed by atoms with Crippen LogP contribution in [0.3, 0.4) is 0 Å². The van der Waals surface area contributed by atoms with Gasteiger partial charge in [0.05, 0.1) is 21.8 Å². The quantitative estimate of drug-likeness (QED) is 0.632. The van der Waals surface area contributed by atoms with E-state index in [1.807, 2.05) is 12.1 Å². The number of fused-ring (bicyclic) bond motifs is 1. The van der Waals surface area contributed by atoms with Gasteiger partial charge < -0.3 is 15.2 Å². The lowest BCUT2D eigenvalue weighted by Crippen LogP contribution is -1.97. The molecule has 0 fully saturated rings. The lowest BCUT2D eigenvalue weighted by atomic mass is 10.0. The molecule has 3 aromatic rings. The van der Waals surface area contributed by atoms with Crippen molar-refractivity contribution in [2.24, 2.45) is 0 Å². The van der Waals surface area contributed by atoms with Crippen molar-refractivity contribution < 1.29 is 15.0 Å². The first-order valence-electron chi connectivity index (χ1n) is 6.36. The monoisotopic (exact) mass is 334 g/mol. The minimum absolute atomic E-state index is 0.0625. The predicted molar refractivity (Wildman–Crippen MR) is 86.6 cm³/mol. The third kappa shape index (κ3) is 3.03. The minimum Gasteiger partial charge on any atom is -0.508 e. The molecule has 0 aliphatic carbocycles. The van der Waals surface area contributed by atoms with Gasteiger partial charge in [0.15, 0.2) is 5.16 Å². The van der Waals surface area contributed by atoms with Crippen LogP contribution in [-0.2, 0) is 4.79 Å². The lowest BCUT2D eigenvalue weighted by molar-refractivity contribution is -0.133. The number of aromatic nitrogens is 2. The first kappa shape index (κ1) is 14.7. The van der Waals surface area contributed by atoms with Gasteiger partial charge in [0.2, 0.25) is 0 Å². The molecule has 112 valence electrons. The molecule has 0 spiro atoms. The van der Waals surface area contributed by atoms with Crippen LogP contribution in [0.5, 0.6) is 5.75 Å². The number of carboxylic acid groups (broad SMARTS) is 1. The maximum absolute atomic E-state index is 10.6. The zero-order valence-corrected chi connectivity index (χ0v) is 12.8. The number of carboxylic acids is 1. The molecule has 7 heteroatoms. The number of hydrogen-bond donors (Lipinski definition) is 3. The largest absolute Gasteiger partial charge is 0.508 e. The maximum Gasteiger partial charge on any atom is 0.313 e. The van der Waals surface area contributed by atoms with Crippen LogP contribution in [0.4, 0.5) is 0 Å². The number of H-pyrrole nitrogens is 1. The highest BCUT2D eigenvalue weighted by atomic mass is 35.5. The Morgan fingerprint density at radius 2 is 2.14 bits per heavy atom. The third-order valence-electron chi connectivity index (χ3n) is 3.04. The molecule has 0 radical (unpaired) electrons. The summed E-state index contributed by atoms with van der Waals surface area (Å²) < 4.78 is 0. The lowest BCUT2D eigenvalue weighted by Gasteiger charge is -2.05. The number of benzene rings is 2. The molecule has 0 aliphatic rings. The number of hydrogen-bond acceptors (Lipinski definition) is 4. The van der Waals surface area contributed by atoms with Crippen LogP contribution >= 0.6 is 23.4 Å². The van der Waals surface area contributed by atoms with Gasteiger partial charge >= 0.3 is 5.97 Å². The summed E-state index contributed by atoms with van der Waals surface area (Å²) in [5.74, 6) is -0.801. The summed E-state index contributed by atoms with van der Waals surface area (Å²) in [7, 11) is 0. The van der Waals surface area contributed by atoms with Crippen LogP contribution in [0.2, 0.25) is 5.02 Å². The van der Waals surface area contributed by atoms with Crippen LogP contribution in [0.15, 0.2) is 41.6 Å². The van der Waals surface area contributed by atoms with Crippen molar-refractivity contribution in [3.8, 4) is 16.9 Å². The molecule has 0 amide bonds. The topological polar surface area (TPSA) is 86.2 Å². The van der Waals surface area contributed by atoms with E-state index < -0.39 is 5.97 Å². The van der Waals surface area contributed by atoms with Gasteiger partial charge in [-0.2, -0.15) is 0 Å². The van der Waals surface area contributed by atoms with E-state index >= 15 is 0 Å². The molecule has 1 aromatic heterocycles. The van der Waals surface area contributed by atoms with Crippen molar-refractivity contribution in [1.82, 2.24) is 9.97 Å². The summed E-state index contributed by atoms with van der Waals surface area (Å²) in [5.41, 5.74) is 2.97. The average Bonchev–Trinajstić information content (AvgIpc) is 2.86. The van der Waals surface area contributed by atoms with E-state index in [1.54, 1.807) is 24.3 Å². The number of aromatic amines is 1. The van der Waals surface area contributed by atoms with Crippen molar-refractivity contribution in [2.75, 3.05) is 5.75 Å². The number of thioether (sulfide) groups is 1. The molecule has 22 heavy (non-hydrogen) atoms. The zero-order valence-electron chi connectivity index (χ0n) is 11.2. The van der Waals surface area contributed by atoms with E-state index in [1.165, 1.54) is 0 Å². The van der Waals surface area contributed by atoms with Crippen molar-refractivity contribution in [3.05, 3.63) is 41.4 Å². The summed E-state index contributed by atoms with van der Waals surface area (Å²) in [5, 5.41) is 19.3. The Hall–Kier alpha value is -2.18. The highest BCUT2D eigenvalue weighted by Crippen LogP contribution is 2.33. The van der Waals surface area contributed by atoms with Crippen LogP contribution in [-0.4, -0.2) is 31.9 Å². The Balaban J connectivity index is 2.02. The van der Waals surface area contributed by atoms with Crippen LogP contribution in [0, 0.1) is 0 Å². The number of halogens is 1. The predicted octanol–water partition coefficient (Wildman–Crippen LogP) is 3.77. The molecule has 1 heterocycles. The molecule has 0 saturated heterocycles. The molecule has 0 unspecified atom stereocenters. The second-order valence-electron chi connectivity index (χ2n) is 4.62. The second-order valence-corrected chi connectivity index (χ2v) is 6.00. The molecular weight excluding hydrogens is 324 g/mol. The van der Waals surface area contributed by atoms with Gasteiger partial charge in [0.1, 0.15) is 5.75 Å². The SMILES string of the molecule is O=C(O)CSc1nc2cc(-c3cccc(O)c3)c(Cl)cc2[nH]1. The maximum atomic E-state index is 10.6. The molecule has 0 atom stereocenters. The van der Waals surface area contributed by atoms with Crippen molar-refractivity contribution in [1.29, 1.82) is 0 Å². The van der Waals surface area contributed by atoms with Crippen molar-refractivity contribution in [3.63, 3.8) is 0 Å². The number of phenolic OH excluding ortho intramolecular Hbond substituents is 1. The molecule has 0 saturated carbocycles. The van der Waals surface area contributed by atoms with E-state index in [4.69, 9.17) is 16.7 Å². The second kappa shape index (κ2) is 5.90. The van der Waals surface area contributed by atoms with Gasteiger partial charge in [0.25, 0.3) is 0 Å². The van der Waals surface area contributed by atoms with Crippen LogP contribution < -0.4 is 0 Å². The third-order valence-corrected chi connectivity index (χ3v) is 4.21. The Kier molecular flexibility index (Phi) is 3.96. The van der Waals surface area contributed by atoms with E-state index in [0.29, 0.717) is 15.7 Å². The summed E-state index contributed by atoms with van der Waals surface area (Å²) in [6, 6.07) is 10.4. The Labute approximate surface area is 135 Å². The van der Waals surface area contributed by atoms with E-state index in [0.717, 1.165) is 28.4 Å².